The van der Waals surface area contributed by atoms with Crippen LogP contribution in [0.25, 0.3) is 0 Å². The molecule has 0 aliphatic heterocycles. The van der Waals surface area contributed by atoms with Crippen LogP contribution < -0.4 is 11.1 Å². The number of aromatic nitrogens is 1. The third-order valence-electron chi connectivity index (χ3n) is 4.18. The third kappa shape index (κ3) is 4.33. The van der Waals surface area contributed by atoms with Gasteiger partial charge in [-0.1, -0.05) is 17.7 Å². The Hall–Kier alpha value is -3.18. The first kappa shape index (κ1) is 18.6. The highest BCUT2D eigenvalue weighted by atomic mass is 35.5. The Bertz CT molecular complexity index is 1000. The molecule has 0 saturated heterocycles. The van der Waals surface area contributed by atoms with Crippen LogP contribution in [0.2, 0.25) is 5.02 Å². The molecule has 2 aromatic carbocycles. The summed E-state index contributed by atoms with van der Waals surface area (Å²) >= 11 is 6.16. The van der Waals surface area contributed by atoms with Crippen molar-refractivity contribution in [2.24, 2.45) is 0 Å². The summed E-state index contributed by atoms with van der Waals surface area (Å²) < 4.78 is 0. The number of anilines is 1. The lowest BCUT2D eigenvalue weighted by Crippen LogP contribution is -2.23. The van der Waals surface area contributed by atoms with Crippen LogP contribution in [0.3, 0.4) is 0 Å². The lowest BCUT2D eigenvalue weighted by atomic mass is 9.96. The number of hydrogen-bond acceptors (Lipinski definition) is 4. The van der Waals surface area contributed by atoms with Gasteiger partial charge in [-0.2, -0.15) is 0 Å². The van der Waals surface area contributed by atoms with E-state index in [0.29, 0.717) is 28.9 Å². The van der Waals surface area contributed by atoms with Crippen LogP contribution in [0.1, 0.15) is 37.4 Å². The van der Waals surface area contributed by atoms with Crippen molar-refractivity contribution in [2.45, 2.75) is 13.5 Å². The molecule has 0 atom stereocenters. The second kappa shape index (κ2) is 8.01. The number of amides is 1. The molecule has 1 heterocycles. The number of hydrogen-bond donors (Lipinski definition) is 2. The minimum atomic E-state index is -0.260. The lowest BCUT2D eigenvalue weighted by molar-refractivity contribution is 0.0951. The van der Waals surface area contributed by atoms with Gasteiger partial charge in [0.2, 0.25) is 0 Å². The van der Waals surface area contributed by atoms with Crippen LogP contribution in [-0.4, -0.2) is 16.7 Å². The van der Waals surface area contributed by atoms with Crippen molar-refractivity contribution in [2.75, 3.05) is 5.73 Å². The maximum absolute atomic E-state index is 12.9. The van der Waals surface area contributed by atoms with E-state index < -0.39 is 0 Å². The molecule has 27 heavy (non-hydrogen) atoms. The Labute approximate surface area is 162 Å². The van der Waals surface area contributed by atoms with Gasteiger partial charge in [-0.05, 0) is 60.5 Å². The molecule has 0 aliphatic rings. The fraction of sp³-hybridized carbons (Fsp3) is 0.0952. The first-order valence-electron chi connectivity index (χ1n) is 8.33. The van der Waals surface area contributed by atoms with Gasteiger partial charge >= 0.3 is 0 Å². The number of nitrogens with zero attached hydrogens (tertiary/aromatic N) is 1. The predicted octanol–water partition coefficient (Wildman–Crippen LogP) is 3.79. The molecular formula is C21H18ClN3O2. The number of benzene rings is 2. The van der Waals surface area contributed by atoms with Gasteiger partial charge in [0.1, 0.15) is 0 Å². The fourth-order valence-electron chi connectivity index (χ4n) is 2.65. The van der Waals surface area contributed by atoms with Crippen LogP contribution in [0.15, 0.2) is 60.9 Å². The Morgan fingerprint density at radius 2 is 1.78 bits per heavy atom. The molecule has 5 nitrogen and oxygen atoms in total. The summed E-state index contributed by atoms with van der Waals surface area (Å²) in [7, 11) is 0. The molecule has 0 radical (unpaired) electrons. The van der Waals surface area contributed by atoms with E-state index in [1.165, 1.54) is 6.07 Å². The second-order valence-corrected chi connectivity index (χ2v) is 6.54. The highest BCUT2D eigenvalue weighted by Crippen LogP contribution is 2.24. The van der Waals surface area contributed by atoms with E-state index in [2.05, 4.69) is 10.3 Å². The normalized spacial score (nSPS) is 10.4. The molecule has 3 aromatic rings. The topological polar surface area (TPSA) is 85.1 Å². The summed E-state index contributed by atoms with van der Waals surface area (Å²) in [5.74, 6) is -0.509. The quantitative estimate of drug-likeness (QED) is 0.521. The SMILES string of the molecule is Cc1ccc(C(=O)NCc2ccncc2)cc1C(=O)c1ccc(N)cc1Cl. The second-order valence-electron chi connectivity index (χ2n) is 6.14. The zero-order valence-corrected chi connectivity index (χ0v) is 15.5. The first-order chi connectivity index (χ1) is 13.0. The van der Waals surface area contributed by atoms with Gasteiger partial charge in [-0.25, -0.2) is 0 Å². The monoisotopic (exact) mass is 379 g/mol. The largest absolute Gasteiger partial charge is 0.399 e. The van der Waals surface area contributed by atoms with Crippen molar-refractivity contribution < 1.29 is 9.59 Å². The minimum absolute atomic E-state index is 0.249. The van der Waals surface area contributed by atoms with Crippen LogP contribution in [-0.2, 0) is 6.54 Å². The van der Waals surface area contributed by atoms with Crippen molar-refractivity contribution in [3.05, 3.63) is 93.8 Å². The molecule has 1 aromatic heterocycles. The van der Waals surface area contributed by atoms with Crippen molar-refractivity contribution in [1.82, 2.24) is 10.3 Å². The van der Waals surface area contributed by atoms with E-state index in [0.717, 1.165) is 11.1 Å². The van der Waals surface area contributed by atoms with E-state index in [9.17, 15) is 9.59 Å². The van der Waals surface area contributed by atoms with Crippen LogP contribution in [0, 0.1) is 6.92 Å². The van der Waals surface area contributed by atoms with E-state index in [4.69, 9.17) is 17.3 Å². The lowest BCUT2D eigenvalue weighted by Gasteiger charge is -2.10. The molecule has 0 fully saturated rings. The summed E-state index contributed by atoms with van der Waals surface area (Å²) in [5.41, 5.74) is 9.06. The maximum atomic E-state index is 12.9. The van der Waals surface area contributed by atoms with Crippen molar-refractivity contribution in [3.8, 4) is 0 Å². The Kier molecular flexibility index (Phi) is 5.52. The molecule has 0 unspecified atom stereocenters. The number of nitrogens with one attached hydrogen (secondary N) is 1. The predicted molar refractivity (Wildman–Crippen MR) is 106 cm³/mol. The third-order valence-corrected chi connectivity index (χ3v) is 4.50. The van der Waals surface area contributed by atoms with Gasteiger partial charge in [-0.15, -0.1) is 0 Å². The minimum Gasteiger partial charge on any atom is -0.399 e. The number of pyridine rings is 1. The molecule has 0 spiro atoms. The number of carbonyl (C=O) groups is 2. The zero-order chi connectivity index (χ0) is 19.4. The van der Waals surface area contributed by atoms with E-state index in [-0.39, 0.29) is 16.7 Å². The van der Waals surface area contributed by atoms with Gasteiger partial charge in [0, 0.05) is 41.3 Å². The number of carbonyl (C=O) groups excluding carboxylic acids is 2. The Balaban J connectivity index is 1.83. The van der Waals surface area contributed by atoms with Gasteiger partial charge in [-0.3, -0.25) is 14.6 Å². The fourth-order valence-corrected chi connectivity index (χ4v) is 2.93. The van der Waals surface area contributed by atoms with Crippen LogP contribution in [0.4, 0.5) is 5.69 Å². The number of ketones is 1. The van der Waals surface area contributed by atoms with Gasteiger partial charge in [0.05, 0.1) is 5.02 Å². The number of aryl methyl sites for hydroxylation is 1. The molecule has 1 amide bonds. The Morgan fingerprint density at radius 1 is 1.04 bits per heavy atom. The van der Waals surface area contributed by atoms with Gasteiger partial charge in [0.15, 0.2) is 5.78 Å². The number of nitrogens with two attached hydrogens (primary N) is 1. The summed E-state index contributed by atoms with van der Waals surface area (Å²) in [4.78, 5) is 29.3. The van der Waals surface area contributed by atoms with Crippen LogP contribution >= 0.6 is 11.6 Å². The van der Waals surface area contributed by atoms with E-state index in [1.807, 2.05) is 19.1 Å². The molecule has 3 N–H and O–H groups in total. The average molecular weight is 380 g/mol. The van der Waals surface area contributed by atoms with Crippen molar-refractivity contribution >= 4 is 29.0 Å². The number of nitrogen functional groups attached to an aromatic ring is 1. The summed E-state index contributed by atoms with van der Waals surface area (Å²) in [6, 6.07) is 13.4. The summed E-state index contributed by atoms with van der Waals surface area (Å²) in [6.07, 6.45) is 3.33. The number of halogens is 1. The smallest absolute Gasteiger partial charge is 0.251 e. The highest BCUT2D eigenvalue weighted by molar-refractivity contribution is 6.35. The zero-order valence-electron chi connectivity index (χ0n) is 14.7. The van der Waals surface area contributed by atoms with Gasteiger partial charge in [0.25, 0.3) is 5.91 Å². The van der Waals surface area contributed by atoms with Crippen molar-refractivity contribution in [3.63, 3.8) is 0 Å². The van der Waals surface area contributed by atoms with E-state index in [1.54, 1.807) is 42.7 Å². The number of rotatable bonds is 5. The molecule has 0 saturated carbocycles. The van der Waals surface area contributed by atoms with E-state index >= 15 is 0 Å². The van der Waals surface area contributed by atoms with Crippen molar-refractivity contribution in [1.29, 1.82) is 0 Å². The highest BCUT2D eigenvalue weighted by Gasteiger charge is 2.17. The molecule has 3 rings (SSSR count). The molecular weight excluding hydrogens is 362 g/mol. The molecule has 136 valence electrons. The maximum Gasteiger partial charge on any atom is 0.251 e. The molecule has 0 bridgehead atoms. The van der Waals surface area contributed by atoms with Crippen LogP contribution in [0.5, 0.6) is 0 Å². The first-order valence-corrected chi connectivity index (χ1v) is 8.71. The average Bonchev–Trinajstić information content (AvgIpc) is 2.67. The molecule has 6 heteroatoms. The van der Waals surface area contributed by atoms with Gasteiger partial charge < -0.3 is 11.1 Å². The summed E-state index contributed by atoms with van der Waals surface area (Å²) in [6.45, 7) is 2.19. The summed E-state index contributed by atoms with van der Waals surface area (Å²) in [5, 5.41) is 3.12. The molecule has 0 aliphatic carbocycles. The standard InChI is InChI=1S/C21H18ClN3O2/c1-13-2-3-15(21(27)25-12-14-6-8-24-9-7-14)10-18(13)20(26)17-5-4-16(23)11-19(17)22/h2-11H,12,23H2,1H3,(H,25,27). The Morgan fingerprint density at radius 3 is 2.48 bits per heavy atom.